The van der Waals surface area contributed by atoms with Crippen molar-refractivity contribution in [3.8, 4) is 5.69 Å². The van der Waals surface area contributed by atoms with Gasteiger partial charge in [-0.15, -0.1) is 0 Å². The average Bonchev–Trinajstić information content (AvgIpc) is 3.32. The Bertz CT molecular complexity index is 924. The quantitative estimate of drug-likeness (QED) is 0.757. The fourth-order valence-corrected chi connectivity index (χ4v) is 7.99. The van der Waals surface area contributed by atoms with E-state index in [0.717, 1.165) is 36.9 Å². The van der Waals surface area contributed by atoms with E-state index in [0.29, 0.717) is 17.3 Å². The van der Waals surface area contributed by atoms with Crippen LogP contribution in [0.15, 0.2) is 36.5 Å². The lowest BCUT2D eigenvalue weighted by molar-refractivity contribution is -0.0691. The van der Waals surface area contributed by atoms with Crippen LogP contribution >= 0.6 is 0 Å². The van der Waals surface area contributed by atoms with Crippen LogP contribution in [0.1, 0.15) is 57.7 Å². The molecule has 1 heterocycles. The molecule has 0 unspecified atom stereocenters. The number of fused-ring (bicyclic) bond motifs is 2. The molecule has 0 bridgehead atoms. The van der Waals surface area contributed by atoms with Gasteiger partial charge in [-0.2, -0.15) is 5.10 Å². The molecular formula is C27H39N3O. The van der Waals surface area contributed by atoms with Crippen LogP contribution in [-0.2, 0) is 12.8 Å². The molecule has 0 spiro atoms. The van der Waals surface area contributed by atoms with E-state index in [2.05, 4.69) is 55.9 Å². The maximum atomic E-state index is 10.6. The minimum Gasteiger partial charge on any atom is -0.396 e. The lowest BCUT2D eigenvalue weighted by Gasteiger charge is -2.56. The van der Waals surface area contributed by atoms with Crippen molar-refractivity contribution in [3.63, 3.8) is 0 Å². The molecule has 0 radical (unpaired) electrons. The molecule has 2 aromatic rings. The van der Waals surface area contributed by atoms with Gasteiger partial charge in [0, 0.05) is 12.3 Å². The van der Waals surface area contributed by atoms with Crippen molar-refractivity contribution in [2.24, 2.45) is 46.2 Å². The molecule has 2 saturated carbocycles. The monoisotopic (exact) mass is 421 g/mol. The number of hydrogen-bond donors (Lipinski definition) is 2. The Morgan fingerprint density at radius 3 is 2.55 bits per heavy atom. The lowest BCUT2D eigenvalue weighted by Crippen LogP contribution is -2.53. The number of hydrogen-bond acceptors (Lipinski definition) is 3. The molecular weight excluding hydrogens is 382 g/mol. The van der Waals surface area contributed by atoms with Crippen LogP contribution in [0.5, 0.6) is 0 Å². The first-order chi connectivity index (χ1) is 14.9. The van der Waals surface area contributed by atoms with E-state index in [-0.39, 0.29) is 17.9 Å². The standard InChI is InChI=1S/C27H39N3O/c1-18-9-10-23-22(15-28)24(11-12-26(18,23)2)27(3)14-19-16-29-30(21-7-5-4-6-8-21)25(19)13-20(27)17-31/h4-8,16,18,20,22-24,31H,9-15,17,28H2,1-3H3/t18-,20+,22-,23-,24-,26+,27-/m0/s1. The normalized spacial score (nSPS) is 39.8. The Morgan fingerprint density at radius 1 is 1.10 bits per heavy atom. The zero-order chi connectivity index (χ0) is 21.8. The summed E-state index contributed by atoms with van der Waals surface area (Å²) in [5.41, 5.74) is 10.8. The summed E-state index contributed by atoms with van der Waals surface area (Å²) in [4.78, 5) is 0. The summed E-state index contributed by atoms with van der Waals surface area (Å²) in [5.74, 6) is 2.92. The predicted octanol–water partition coefficient (Wildman–Crippen LogP) is 4.62. The number of aromatic nitrogens is 2. The fourth-order valence-electron chi connectivity index (χ4n) is 7.99. The topological polar surface area (TPSA) is 64.1 Å². The molecule has 3 N–H and O–H groups in total. The van der Waals surface area contributed by atoms with Crippen molar-refractivity contribution in [3.05, 3.63) is 47.8 Å². The Morgan fingerprint density at radius 2 is 1.84 bits per heavy atom. The number of aliphatic hydroxyl groups excluding tert-OH is 1. The van der Waals surface area contributed by atoms with Gasteiger partial charge in [-0.1, -0.05) is 39.0 Å². The van der Waals surface area contributed by atoms with Crippen LogP contribution < -0.4 is 5.73 Å². The molecule has 1 aromatic heterocycles. The van der Waals surface area contributed by atoms with E-state index in [4.69, 9.17) is 10.8 Å². The summed E-state index contributed by atoms with van der Waals surface area (Å²) >= 11 is 0. The van der Waals surface area contributed by atoms with E-state index >= 15 is 0 Å². The molecule has 4 heteroatoms. The van der Waals surface area contributed by atoms with Crippen LogP contribution in [0, 0.1) is 40.4 Å². The predicted molar refractivity (Wildman–Crippen MR) is 125 cm³/mol. The highest BCUT2D eigenvalue weighted by Crippen LogP contribution is 2.63. The summed E-state index contributed by atoms with van der Waals surface area (Å²) < 4.78 is 2.09. The molecule has 0 aliphatic heterocycles. The first-order valence-electron chi connectivity index (χ1n) is 12.3. The summed E-state index contributed by atoms with van der Waals surface area (Å²) in [5, 5.41) is 15.3. The average molecular weight is 422 g/mol. The number of aliphatic hydroxyl groups is 1. The maximum Gasteiger partial charge on any atom is 0.0648 e. The third-order valence-electron chi connectivity index (χ3n) is 10.2. The fraction of sp³-hybridized carbons (Fsp3) is 0.667. The van der Waals surface area contributed by atoms with Crippen molar-refractivity contribution >= 4 is 0 Å². The highest BCUT2D eigenvalue weighted by molar-refractivity contribution is 5.37. The maximum absolute atomic E-state index is 10.6. The highest BCUT2D eigenvalue weighted by atomic mass is 16.3. The van der Waals surface area contributed by atoms with Gasteiger partial charge >= 0.3 is 0 Å². The van der Waals surface area contributed by atoms with Crippen LogP contribution in [0.3, 0.4) is 0 Å². The van der Waals surface area contributed by atoms with Gasteiger partial charge in [0.15, 0.2) is 0 Å². The molecule has 3 aliphatic carbocycles. The van der Waals surface area contributed by atoms with Gasteiger partial charge in [0.25, 0.3) is 0 Å². The molecule has 3 aliphatic rings. The zero-order valence-corrected chi connectivity index (χ0v) is 19.4. The van der Waals surface area contributed by atoms with E-state index in [1.54, 1.807) is 0 Å². The summed E-state index contributed by atoms with van der Waals surface area (Å²) in [6, 6.07) is 10.4. The second-order valence-corrected chi connectivity index (χ2v) is 11.3. The van der Waals surface area contributed by atoms with E-state index in [1.807, 2.05) is 6.07 Å². The van der Waals surface area contributed by atoms with E-state index in [1.165, 1.54) is 36.9 Å². The molecule has 0 amide bonds. The van der Waals surface area contributed by atoms with E-state index < -0.39 is 0 Å². The van der Waals surface area contributed by atoms with Crippen LogP contribution in [-0.4, -0.2) is 28.0 Å². The number of para-hydroxylation sites is 1. The van der Waals surface area contributed by atoms with Gasteiger partial charge in [-0.25, -0.2) is 4.68 Å². The van der Waals surface area contributed by atoms with Crippen molar-refractivity contribution in [2.75, 3.05) is 13.2 Å². The van der Waals surface area contributed by atoms with Crippen molar-refractivity contribution in [1.29, 1.82) is 0 Å². The second kappa shape index (κ2) is 7.74. The second-order valence-electron chi connectivity index (χ2n) is 11.3. The van der Waals surface area contributed by atoms with Crippen LogP contribution in [0.4, 0.5) is 0 Å². The van der Waals surface area contributed by atoms with Crippen molar-refractivity contribution in [2.45, 2.75) is 59.3 Å². The van der Waals surface area contributed by atoms with Crippen LogP contribution in [0.25, 0.3) is 5.69 Å². The molecule has 1 aromatic carbocycles. The van der Waals surface area contributed by atoms with Gasteiger partial charge in [0.05, 0.1) is 11.9 Å². The summed E-state index contributed by atoms with van der Waals surface area (Å²) in [7, 11) is 0. The number of nitrogens with two attached hydrogens (primary N) is 1. The Hall–Kier alpha value is -1.65. The third-order valence-corrected chi connectivity index (χ3v) is 10.2. The Kier molecular flexibility index (Phi) is 5.29. The molecule has 0 saturated heterocycles. The van der Waals surface area contributed by atoms with Gasteiger partial charge in [0.1, 0.15) is 0 Å². The summed E-state index contributed by atoms with van der Waals surface area (Å²) in [6.07, 6.45) is 9.20. The number of rotatable bonds is 4. The van der Waals surface area contributed by atoms with Gasteiger partial charge in [-0.3, -0.25) is 0 Å². The highest BCUT2D eigenvalue weighted by Gasteiger charge is 2.57. The van der Waals surface area contributed by atoms with Gasteiger partial charge < -0.3 is 10.8 Å². The molecule has 7 atom stereocenters. The van der Waals surface area contributed by atoms with Gasteiger partial charge in [-0.05, 0) is 103 Å². The number of benzene rings is 1. The summed E-state index contributed by atoms with van der Waals surface area (Å²) in [6.45, 7) is 8.45. The minimum atomic E-state index is 0.0729. The first kappa shape index (κ1) is 21.2. The van der Waals surface area contributed by atoms with Crippen molar-refractivity contribution in [1.82, 2.24) is 9.78 Å². The van der Waals surface area contributed by atoms with Crippen molar-refractivity contribution < 1.29 is 5.11 Å². The molecule has 31 heavy (non-hydrogen) atoms. The molecule has 2 fully saturated rings. The molecule has 168 valence electrons. The SMILES string of the molecule is C[C@H]1CC[C@H]2[C@H](CN)[C@@H]([C@@]3(C)Cc4cnn(-c5ccccc5)c4C[C@@H]3CO)CC[C@]12C. The Balaban J connectivity index is 1.49. The van der Waals surface area contributed by atoms with Crippen LogP contribution in [0.2, 0.25) is 0 Å². The minimum absolute atomic E-state index is 0.0729. The largest absolute Gasteiger partial charge is 0.396 e. The lowest BCUT2D eigenvalue weighted by atomic mass is 9.49. The zero-order valence-electron chi connectivity index (χ0n) is 19.4. The number of nitrogens with zero attached hydrogens (tertiary/aromatic N) is 2. The van der Waals surface area contributed by atoms with Gasteiger partial charge in [0.2, 0.25) is 0 Å². The Labute approximate surface area is 187 Å². The third kappa shape index (κ3) is 3.13. The smallest absolute Gasteiger partial charge is 0.0648 e. The first-order valence-corrected chi connectivity index (χ1v) is 12.3. The molecule has 5 rings (SSSR count). The molecule has 4 nitrogen and oxygen atoms in total. The van der Waals surface area contributed by atoms with E-state index in [9.17, 15) is 5.11 Å².